The predicted octanol–water partition coefficient (Wildman–Crippen LogP) is 3.16. The van der Waals surface area contributed by atoms with Crippen molar-refractivity contribution >= 4 is 39.2 Å². The van der Waals surface area contributed by atoms with Crippen LogP contribution >= 0.6 is 23.2 Å². The van der Waals surface area contributed by atoms with E-state index in [9.17, 15) is 18.3 Å². The Morgan fingerprint density at radius 2 is 1.71 bits per heavy atom. The van der Waals surface area contributed by atoms with Crippen LogP contribution in [-0.4, -0.2) is 26.0 Å². The molecule has 0 saturated carbocycles. The number of hydrogen-bond donors (Lipinski definition) is 2. The molecule has 0 saturated heterocycles. The zero-order valence-corrected chi connectivity index (χ0v) is 14.0. The van der Waals surface area contributed by atoms with Crippen LogP contribution in [0, 0.1) is 5.41 Å². The van der Waals surface area contributed by atoms with E-state index in [0.717, 1.165) is 0 Å². The monoisotopic (exact) mass is 353 g/mol. The fourth-order valence-corrected chi connectivity index (χ4v) is 4.19. The third-order valence-electron chi connectivity index (χ3n) is 3.60. The number of halogens is 2. The van der Waals surface area contributed by atoms with E-state index in [1.807, 2.05) is 0 Å². The van der Waals surface area contributed by atoms with Crippen LogP contribution in [0.15, 0.2) is 23.1 Å². The summed E-state index contributed by atoms with van der Waals surface area (Å²) in [5.41, 5.74) is -1.15. The Balaban J connectivity index is 3.09. The van der Waals surface area contributed by atoms with Crippen molar-refractivity contribution in [3.8, 4) is 0 Å². The summed E-state index contributed by atoms with van der Waals surface area (Å²) in [5.74, 6) is -1.04. The van der Waals surface area contributed by atoms with Gasteiger partial charge >= 0.3 is 5.97 Å². The van der Waals surface area contributed by atoms with Gasteiger partial charge in [-0.15, -0.1) is 0 Å². The van der Waals surface area contributed by atoms with Gasteiger partial charge in [0.25, 0.3) is 0 Å². The number of carboxylic acids is 1. The molecule has 0 aliphatic rings. The molecule has 0 fully saturated rings. The Bertz CT molecular complexity index is 607. The summed E-state index contributed by atoms with van der Waals surface area (Å²) in [7, 11) is -3.99. The molecule has 0 aliphatic carbocycles. The van der Waals surface area contributed by atoms with Gasteiger partial charge in [0, 0.05) is 6.54 Å². The number of carbonyl (C=O) groups is 1. The van der Waals surface area contributed by atoms with Crippen LogP contribution in [0.1, 0.15) is 26.7 Å². The summed E-state index contributed by atoms with van der Waals surface area (Å²) >= 11 is 11.7. The summed E-state index contributed by atoms with van der Waals surface area (Å²) in [6.07, 6.45) is 0.606. The van der Waals surface area contributed by atoms with Crippen LogP contribution in [0.4, 0.5) is 0 Å². The van der Waals surface area contributed by atoms with Gasteiger partial charge in [0.1, 0.15) is 4.90 Å². The third kappa shape index (κ3) is 3.88. The van der Waals surface area contributed by atoms with Gasteiger partial charge < -0.3 is 5.11 Å². The van der Waals surface area contributed by atoms with E-state index >= 15 is 0 Å². The summed E-state index contributed by atoms with van der Waals surface area (Å²) in [6, 6.07) is 4.35. The van der Waals surface area contributed by atoms with Crippen molar-refractivity contribution in [2.24, 2.45) is 5.41 Å². The smallest absolute Gasteiger partial charge is 0.310 e. The normalized spacial score (nSPS) is 12.4. The van der Waals surface area contributed by atoms with Crippen LogP contribution in [0.5, 0.6) is 0 Å². The van der Waals surface area contributed by atoms with E-state index in [0.29, 0.717) is 12.8 Å². The van der Waals surface area contributed by atoms with Crippen LogP contribution in [0.3, 0.4) is 0 Å². The first-order valence-corrected chi connectivity index (χ1v) is 8.61. The van der Waals surface area contributed by atoms with Gasteiger partial charge in [0.15, 0.2) is 0 Å². The minimum Gasteiger partial charge on any atom is -0.481 e. The van der Waals surface area contributed by atoms with E-state index in [1.54, 1.807) is 13.8 Å². The minimum atomic E-state index is -3.99. The minimum absolute atomic E-state index is 0.0103. The standard InChI is InChI=1S/C13H17Cl2NO4S/c1-3-13(4-2,12(17)18)8-16-21(19,20)11-9(14)6-5-7-10(11)15/h5-7,16H,3-4,8H2,1-2H3,(H,17,18). The summed E-state index contributed by atoms with van der Waals surface area (Å²) in [6.45, 7) is 3.18. The molecule has 0 aliphatic heterocycles. The zero-order valence-electron chi connectivity index (χ0n) is 11.7. The van der Waals surface area contributed by atoms with Gasteiger partial charge in [0.2, 0.25) is 10.0 Å². The Morgan fingerprint density at radius 3 is 2.10 bits per heavy atom. The number of nitrogens with one attached hydrogen (secondary N) is 1. The lowest BCUT2D eigenvalue weighted by atomic mass is 9.83. The van der Waals surface area contributed by atoms with Crippen LogP contribution in [0.25, 0.3) is 0 Å². The molecule has 0 aromatic heterocycles. The lowest BCUT2D eigenvalue weighted by Gasteiger charge is -2.26. The summed E-state index contributed by atoms with van der Waals surface area (Å²) in [4.78, 5) is 11.1. The first-order valence-electron chi connectivity index (χ1n) is 6.37. The Labute approximate surface area is 134 Å². The van der Waals surface area contributed by atoms with Crippen molar-refractivity contribution < 1.29 is 18.3 Å². The second-order valence-corrected chi connectivity index (χ2v) is 7.19. The molecular weight excluding hydrogens is 337 g/mol. The quantitative estimate of drug-likeness (QED) is 0.788. The SMILES string of the molecule is CCC(CC)(CNS(=O)(=O)c1c(Cl)cccc1Cl)C(=O)O. The van der Waals surface area contributed by atoms with Crippen molar-refractivity contribution in [2.45, 2.75) is 31.6 Å². The Hall–Kier alpha value is -0.820. The highest BCUT2D eigenvalue weighted by Gasteiger charge is 2.36. The average Bonchev–Trinajstić information content (AvgIpc) is 2.39. The van der Waals surface area contributed by atoms with Gasteiger partial charge in [-0.05, 0) is 25.0 Å². The topological polar surface area (TPSA) is 83.5 Å². The van der Waals surface area contributed by atoms with Crippen molar-refractivity contribution in [3.05, 3.63) is 28.2 Å². The van der Waals surface area contributed by atoms with E-state index in [2.05, 4.69) is 4.72 Å². The summed E-state index contributed by atoms with van der Waals surface area (Å²) < 4.78 is 26.9. The Morgan fingerprint density at radius 1 is 1.24 bits per heavy atom. The summed E-state index contributed by atoms with van der Waals surface area (Å²) in [5, 5.41) is 9.29. The highest BCUT2D eigenvalue weighted by molar-refractivity contribution is 7.89. The highest BCUT2D eigenvalue weighted by atomic mass is 35.5. The molecule has 0 radical (unpaired) electrons. The van der Waals surface area contributed by atoms with E-state index in [1.165, 1.54) is 18.2 Å². The molecule has 1 rings (SSSR count). The molecule has 21 heavy (non-hydrogen) atoms. The molecule has 0 bridgehead atoms. The first kappa shape index (κ1) is 18.2. The number of rotatable bonds is 7. The van der Waals surface area contributed by atoms with Gasteiger partial charge in [-0.1, -0.05) is 43.1 Å². The maximum atomic E-state index is 12.3. The molecule has 1 aromatic rings. The lowest BCUT2D eigenvalue weighted by molar-refractivity contribution is -0.149. The number of benzene rings is 1. The average molecular weight is 354 g/mol. The van der Waals surface area contributed by atoms with Gasteiger partial charge in [-0.3, -0.25) is 4.79 Å². The van der Waals surface area contributed by atoms with Crippen molar-refractivity contribution in [1.82, 2.24) is 4.72 Å². The number of hydrogen-bond acceptors (Lipinski definition) is 3. The molecule has 118 valence electrons. The molecule has 0 spiro atoms. The number of carboxylic acid groups (broad SMARTS) is 1. The fourth-order valence-electron chi connectivity index (χ4n) is 1.92. The number of aliphatic carboxylic acids is 1. The van der Waals surface area contributed by atoms with Gasteiger partial charge in [-0.2, -0.15) is 0 Å². The maximum absolute atomic E-state index is 12.3. The molecule has 1 aromatic carbocycles. The molecular formula is C13H17Cl2NO4S. The van der Waals surface area contributed by atoms with E-state index < -0.39 is 21.4 Å². The number of sulfonamides is 1. The van der Waals surface area contributed by atoms with Crippen LogP contribution in [0.2, 0.25) is 10.0 Å². The van der Waals surface area contributed by atoms with Crippen molar-refractivity contribution in [2.75, 3.05) is 6.54 Å². The molecule has 5 nitrogen and oxygen atoms in total. The first-order chi connectivity index (χ1) is 9.70. The van der Waals surface area contributed by atoms with Crippen LogP contribution < -0.4 is 4.72 Å². The maximum Gasteiger partial charge on any atom is 0.310 e. The molecule has 0 atom stereocenters. The largest absolute Gasteiger partial charge is 0.481 e. The predicted molar refractivity (Wildman–Crippen MR) is 82.3 cm³/mol. The molecule has 2 N–H and O–H groups in total. The Kier molecular flexibility index (Phi) is 6.04. The molecule has 8 heteroatoms. The highest BCUT2D eigenvalue weighted by Crippen LogP contribution is 2.30. The second kappa shape index (κ2) is 6.96. The van der Waals surface area contributed by atoms with Crippen molar-refractivity contribution in [3.63, 3.8) is 0 Å². The molecule has 0 unspecified atom stereocenters. The van der Waals surface area contributed by atoms with E-state index in [-0.39, 0.29) is 21.5 Å². The van der Waals surface area contributed by atoms with Gasteiger partial charge in [0.05, 0.1) is 15.5 Å². The lowest BCUT2D eigenvalue weighted by Crippen LogP contribution is -2.42. The van der Waals surface area contributed by atoms with Crippen molar-refractivity contribution in [1.29, 1.82) is 0 Å². The van der Waals surface area contributed by atoms with E-state index in [4.69, 9.17) is 23.2 Å². The fraction of sp³-hybridized carbons (Fsp3) is 0.462. The van der Waals surface area contributed by atoms with Crippen LogP contribution in [-0.2, 0) is 14.8 Å². The third-order valence-corrected chi connectivity index (χ3v) is 5.95. The second-order valence-electron chi connectivity index (χ2n) is 4.67. The molecule has 0 amide bonds. The zero-order chi connectivity index (χ0) is 16.3. The van der Waals surface area contributed by atoms with Gasteiger partial charge in [-0.25, -0.2) is 13.1 Å². The molecule has 0 heterocycles.